The van der Waals surface area contributed by atoms with Crippen molar-refractivity contribution in [1.29, 1.82) is 0 Å². The molecule has 0 aliphatic heterocycles. The third-order valence-electron chi connectivity index (χ3n) is 2.47. The van der Waals surface area contributed by atoms with Crippen molar-refractivity contribution in [3.05, 3.63) is 28.8 Å². The molecule has 0 bridgehead atoms. The van der Waals surface area contributed by atoms with Crippen molar-refractivity contribution < 1.29 is 4.79 Å². The van der Waals surface area contributed by atoms with Gasteiger partial charge in [-0.25, -0.2) is 4.79 Å². The Hall–Kier alpha value is -1.22. The molecule has 4 heteroatoms. The molecule has 0 saturated heterocycles. The molecule has 0 aliphatic carbocycles. The van der Waals surface area contributed by atoms with E-state index in [1.54, 1.807) is 0 Å². The van der Waals surface area contributed by atoms with Crippen molar-refractivity contribution in [2.24, 2.45) is 0 Å². The van der Waals surface area contributed by atoms with E-state index >= 15 is 0 Å². The van der Waals surface area contributed by atoms with Crippen molar-refractivity contribution in [3.8, 4) is 0 Å². The minimum atomic E-state index is -0.216. The normalized spacial score (nSPS) is 10.0. The Balaban J connectivity index is 2.73. The number of aryl methyl sites for hydroxylation is 3. The van der Waals surface area contributed by atoms with Crippen molar-refractivity contribution in [3.63, 3.8) is 0 Å². The van der Waals surface area contributed by atoms with E-state index in [4.69, 9.17) is 11.6 Å². The molecular formula is C12H17ClN2O. The molecule has 0 unspecified atom stereocenters. The average Bonchev–Trinajstić information content (AvgIpc) is 2.23. The van der Waals surface area contributed by atoms with E-state index in [1.165, 1.54) is 11.1 Å². The minimum absolute atomic E-state index is 0.216. The maximum absolute atomic E-state index is 11.4. The first-order valence-electron chi connectivity index (χ1n) is 5.23. The van der Waals surface area contributed by atoms with Crippen LogP contribution in [0.2, 0.25) is 0 Å². The molecular weight excluding hydrogens is 224 g/mol. The fourth-order valence-electron chi connectivity index (χ4n) is 1.42. The maximum Gasteiger partial charge on any atom is 0.319 e. The summed E-state index contributed by atoms with van der Waals surface area (Å²) in [7, 11) is 0. The summed E-state index contributed by atoms with van der Waals surface area (Å²) in [5, 5.41) is 5.46. The molecule has 2 N–H and O–H groups in total. The van der Waals surface area contributed by atoms with Crippen molar-refractivity contribution in [2.45, 2.75) is 20.8 Å². The highest BCUT2D eigenvalue weighted by molar-refractivity contribution is 6.18. The highest BCUT2D eigenvalue weighted by atomic mass is 35.5. The molecule has 0 aliphatic rings. The van der Waals surface area contributed by atoms with Gasteiger partial charge in [0.25, 0.3) is 0 Å². The number of carbonyl (C=O) groups excluding carboxylic acids is 1. The number of halogens is 1. The van der Waals surface area contributed by atoms with E-state index in [2.05, 4.69) is 23.6 Å². The first kappa shape index (κ1) is 12.8. The summed E-state index contributed by atoms with van der Waals surface area (Å²) in [6.45, 7) is 6.52. The maximum atomic E-state index is 11.4. The van der Waals surface area contributed by atoms with Crippen LogP contribution >= 0.6 is 11.6 Å². The highest BCUT2D eigenvalue weighted by Crippen LogP contribution is 2.19. The van der Waals surface area contributed by atoms with Crippen LogP contribution in [-0.4, -0.2) is 18.5 Å². The van der Waals surface area contributed by atoms with E-state index in [9.17, 15) is 4.79 Å². The van der Waals surface area contributed by atoms with Crippen LogP contribution in [0.1, 0.15) is 16.7 Å². The van der Waals surface area contributed by atoms with Gasteiger partial charge in [-0.05, 0) is 43.5 Å². The number of hydrogen-bond acceptors (Lipinski definition) is 1. The minimum Gasteiger partial charge on any atom is -0.337 e. The lowest BCUT2D eigenvalue weighted by atomic mass is 10.1. The Kier molecular flexibility index (Phi) is 4.62. The standard InChI is InChI=1S/C12H17ClN2O/c1-8-6-10(3)11(7-9(8)2)15-12(16)14-5-4-13/h6-7H,4-5H2,1-3H3,(H2,14,15,16). The fourth-order valence-corrected chi connectivity index (χ4v) is 1.52. The van der Waals surface area contributed by atoms with Crippen LogP contribution in [0.15, 0.2) is 12.1 Å². The van der Waals surface area contributed by atoms with Gasteiger partial charge in [-0.2, -0.15) is 0 Å². The number of amides is 2. The Morgan fingerprint density at radius 1 is 1.19 bits per heavy atom. The van der Waals surface area contributed by atoms with Crippen LogP contribution in [0.25, 0.3) is 0 Å². The largest absolute Gasteiger partial charge is 0.337 e. The van der Waals surface area contributed by atoms with Gasteiger partial charge in [0, 0.05) is 18.1 Å². The molecule has 1 rings (SSSR count). The molecule has 1 aromatic rings. The lowest BCUT2D eigenvalue weighted by molar-refractivity contribution is 0.252. The van der Waals surface area contributed by atoms with E-state index in [-0.39, 0.29) is 6.03 Å². The molecule has 0 fully saturated rings. The van der Waals surface area contributed by atoms with Crippen LogP contribution < -0.4 is 10.6 Å². The monoisotopic (exact) mass is 240 g/mol. The lowest BCUT2D eigenvalue weighted by Gasteiger charge is -2.11. The summed E-state index contributed by atoms with van der Waals surface area (Å²) < 4.78 is 0. The quantitative estimate of drug-likeness (QED) is 0.784. The van der Waals surface area contributed by atoms with Gasteiger partial charge in [0.2, 0.25) is 0 Å². The smallest absolute Gasteiger partial charge is 0.319 e. The zero-order valence-corrected chi connectivity index (χ0v) is 10.6. The number of alkyl halides is 1. The van der Waals surface area contributed by atoms with Crippen molar-refractivity contribution in [2.75, 3.05) is 17.7 Å². The van der Waals surface area contributed by atoms with Gasteiger partial charge < -0.3 is 10.6 Å². The first-order chi connectivity index (χ1) is 7.54. The Morgan fingerprint density at radius 3 is 2.44 bits per heavy atom. The topological polar surface area (TPSA) is 41.1 Å². The third-order valence-corrected chi connectivity index (χ3v) is 2.66. The van der Waals surface area contributed by atoms with Gasteiger partial charge in [-0.3, -0.25) is 0 Å². The van der Waals surface area contributed by atoms with E-state index in [1.807, 2.05) is 19.9 Å². The molecule has 0 radical (unpaired) electrons. The van der Waals surface area contributed by atoms with Crippen LogP contribution in [-0.2, 0) is 0 Å². The SMILES string of the molecule is Cc1cc(C)c(NC(=O)NCCCl)cc1C. The Bertz CT molecular complexity index is 391. The van der Waals surface area contributed by atoms with Crippen molar-refractivity contribution >= 4 is 23.3 Å². The second-order valence-corrected chi connectivity index (χ2v) is 4.20. The molecule has 1 aromatic carbocycles. The fraction of sp³-hybridized carbons (Fsp3) is 0.417. The summed E-state index contributed by atoms with van der Waals surface area (Å²) in [5.41, 5.74) is 4.29. The summed E-state index contributed by atoms with van der Waals surface area (Å²) in [4.78, 5) is 11.4. The number of anilines is 1. The van der Waals surface area contributed by atoms with Gasteiger partial charge in [0.15, 0.2) is 0 Å². The molecule has 0 atom stereocenters. The average molecular weight is 241 g/mol. The predicted octanol–water partition coefficient (Wildman–Crippen LogP) is 2.97. The molecule has 3 nitrogen and oxygen atoms in total. The zero-order valence-electron chi connectivity index (χ0n) is 9.86. The van der Waals surface area contributed by atoms with E-state index < -0.39 is 0 Å². The second kappa shape index (κ2) is 5.75. The van der Waals surface area contributed by atoms with Crippen LogP contribution in [0, 0.1) is 20.8 Å². The van der Waals surface area contributed by atoms with Crippen molar-refractivity contribution in [1.82, 2.24) is 5.32 Å². The molecule has 2 amide bonds. The number of nitrogens with one attached hydrogen (secondary N) is 2. The summed E-state index contributed by atoms with van der Waals surface area (Å²) >= 11 is 5.48. The molecule has 16 heavy (non-hydrogen) atoms. The molecule has 0 saturated carbocycles. The van der Waals surface area contributed by atoms with Gasteiger partial charge in [0.05, 0.1) is 0 Å². The van der Waals surface area contributed by atoms with Gasteiger partial charge in [-0.15, -0.1) is 11.6 Å². The number of hydrogen-bond donors (Lipinski definition) is 2. The number of urea groups is 1. The summed E-state index contributed by atoms with van der Waals surface area (Å²) in [6, 6.07) is 3.82. The molecule has 0 spiro atoms. The van der Waals surface area contributed by atoms with Gasteiger partial charge in [-0.1, -0.05) is 6.07 Å². The van der Waals surface area contributed by atoms with Gasteiger partial charge in [0.1, 0.15) is 0 Å². The first-order valence-corrected chi connectivity index (χ1v) is 5.76. The van der Waals surface area contributed by atoms with Crippen LogP contribution in [0.3, 0.4) is 0 Å². The summed E-state index contributed by atoms with van der Waals surface area (Å²) in [5.74, 6) is 0.416. The molecule has 88 valence electrons. The number of benzene rings is 1. The second-order valence-electron chi connectivity index (χ2n) is 3.82. The highest BCUT2D eigenvalue weighted by Gasteiger charge is 2.05. The zero-order chi connectivity index (χ0) is 12.1. The van der Waals surface area contributed by atoms with E-state index in [0.29, 0.717) is 12.4 Å². The number of rotatable bonds is 3. The predicted molar refractivity (Wildman–Crippen MR) is 68.4 cm³/mol. The third kappa shape index (κ3) is 3.42. The van der Waals surface area contributed by atoms with Gasteiger partial charge >= 0.3 is 6.03 Å². The lowest BCUT2D eigenvalue weighted by Crippen LogP contribution is -2.30. The van der Waals surface area contributed by atoms with E-state index in [0.717, 1.165) is 11.3 Å². The molecule has 0 heterocycles. The van der Waals surface area contributed by atoms with Crippen LogP contribution in [0.5, 0.6) is 0 Å². The Labute approximate surface area is 101 Å². The number of carbonyl (C=O) groups is 1. The van der Waals surface area contributed by atoms with Crippen LogP contribution in [0.4, 0.5) is 10.5 Å². The molecule has 0 aromatic heterocycles. The summed E-state index contributed by atoms with van der Waals surface area (Å²) in [6.07, 6.45) is 0. The Morgan fingerprint density at radius 2 is 1.81 bits per heavy atom.